The molecule has 1 atom stereocenters. The number of hydrogen-bond acceptors (Lipinski definition) is 6. The van der Waals surface area contributed by atoms with E-state index in [1.165, 1.54) is 0 Å². The normalized spacial score (nSPS) is 21.8. The number of carbonyl (C=O) groups excluding carboxylic acids is 1. The van der Waals surface area contributed by atoms with Gasteiger partial charge in [0.05, 0.1) is 23.2 Å². The van der Waals surface area contributed by atoms with Crippen LogP contribution in [0.3, 0.4) is 0 Å². The second-order valence-electron chi connectivity index (χ2n) is 6.76. The minimum atomic E-state index is 0.0784. The highest BCUT2D eigenvalue weighted by Crippen LogP contribution is 2.33. The lowest BCUT2D eigenvalue weighted by atomic mass is 9.84. The van der Waals surface area contributed by atoms with Crippen LogP contribution in [0, 0.1) is 6.92 Å². The van der Waals surface area contributed by atoms with E-state index in [1.54, 1.807) is 6.26 Å². The van der Waals surface area contributed by atoms with Gasteiger partial charge in [-0.05, 0) is 26.1 Å². The molecular formula is C18H22N4O2. The molecule has 6 nitrogen and oxygen atoms in total. The van der Waals surface area contributed by atoms with Crippen molar-refractivity contribution in [2.24, 2.45) is 0 Å². The predicted molar refractivity (Wildman–Crippen MR) is 90.6 cm³/mol. The number of aryl methyl sites for hydroxylation is 1. The number of aromatic nitrogens is 2. The third-order valence-electron chi connectivity index (χ3n) is 5.04. The van der Waals surface area contributed by atoms with Crippen LogP contribution in [0.1, 0.15) is 39.8 Å². The monoisotopic (exact) mass is 326 g/mol. The van der Waals surface area contributed by atoms with Crippen LogP contribution in [0.15, 0.2) is 22.8 Å². The van der Waals surface area contributed by atoms with Crippen molar-refractivity contribution in [2.75, 3.05) is 38.1 Å². The smallest absolute Gasteiger partial charge is 0.225 e. The van der Waals surface area contributed by atoms with Crippen LogP contribution in [0.2, 0.25) is 0 Å². The van der Waals surface area contributed by atoms with E-state index in [2.05, 4.69) is 21.8 Å². The molecule has 3 heterocycles. The third-order valence-corrected chi connectivity index (χ3v) is 5.04. The van der Waals surface area contributed by atoms with E-state index in [9.17, 15) is 4.79 Å². The molecule has 24 heavy (non-hydrogen) atoms. The Balaban J connectivity index is 1.66. The third kappa shape index (κ3) is 2.71. The molecule has 1 aliphatic heterocycles. The minimum absolute atomic E-state index is 0.0784. The summed E-state index contributed by atoms with van der Waals surface area (Å²) in [7, 11) is 2.13. The maximum atomic E-state index is 12.6. The average Bonchev–Trinajstić information content (AvgIpc) is 3.09. The summed E-state index contributed by atoms with van der Waals surface area (Å²) in [6.45, 7) is 5.78. The predicted octanol–water partition coefficient (Wildman–Crippen LogP) is 2.04. The van der Waals surface area contributed by atoms with Crippen LogP contribution in [0.5, 0.6) is 0 Å². The lowest BCUT2D eigenvalue weighted by molar-refractivity contribution is 0.0958. The van der Waals surface area contributed by atoms with Gasteiger partial charge in [0.2, 0.25) is 5.95 Å². The number of hydrogen-bond donors (Lipinski definition) is 0. The molecular weight excluding hydrogens is 304 g/mol. The Hall–Kier alpha value is -2.21. The van der Waals surface area contributed by atoms with Gasteiger partial charge < -0.3 is 14.2 Å². The van der Waals surface area contributed by atoms with E-state index >= 15 is 0 Å². The van der Waals surface area contributed by atoms with Gasteiger partial charge in [-0.25, -0.2) is 9.97 Å². The summed E-state index contributed by atoms with van der Waals surface area (Å²) >= 11 is 0. The summed E-state index contributed by atoms with van der Waals surface area (Å²) in [4.78, 5) is 26.5. The highest BCUT2D eigenvalue weighted by atomic mass is 16.3. The van der Waals surface area contributed by atoms with Gasteiger partial charge in [-0.15, -0.1) is 0 Å². The average molecular weight is 326 g/mol. The number of ketones is 1. The largest absolute Gasteiger partial charge is 0.469 e. The summed E-state index contributed by atoms with van der Waals surface area (Å²) in [5.74, 6) is 1.83. The van der Waals surface area contributed by atoms with Crippen molar-refractivity contribution < 1.29 is 9.21 Å². The van der Waals surface area contributed by atoms with Gasteiger partial charge in [0, 0.05) is 44.9 Å². The van der Waals surface area contributed by atoms with Crippen LogP contribution < -0.4 is 4.90 Å². The molecule has 0 amide bonds. The lowest BCUT2D eigenvalue weighted by Crippen LogP contribution is -2.45. The number of furan rings is 1. The van der Waals surface area contributed by atoms with Gasteiger partial charge in [-0.2, -0.15) is 0 Å². The summed E-state index contributed by atoms with van der Waals surface area (Å²) in [5.41, 5.74) is 2.39. The lowest BCUT2D eigenvalue weighted by Gasteiger charge is -2.33. The molecule has 1 unspecified atom stereocenters. The number of fused-ring (bicyclic) bond motifs is 1. The molecule has 4 rings (SSSR count). The van der Waals surface area contributed by atoms with Crippen LogP contribution in [-0.2, 0) is 6.42 Å². The summed E-state index contributed by atoms with van der Waals surface area (Å²) < 4.78 is 5.51. The summed E-state index contributed by atoms with van der Waals surface area (Å²) in [5, 5.41) is 0. The molecule has 1 saturated heterocycles. The molecule has 0 bridgehead atoms. The van der Waals surface area contributed by atoms with Crippen molar-refractivity contribution in [3.63, 3.8) is 0 Å². The van der Waals surface area contributed by atoms with E-state index in [4.69, 9.17) is 9.40 Å². The molecule has 0 radical (unpaired) electrons. The quantitative estimate of drug-likeness (QED) is 0.842. The zero-order chi connectivity index (χ0) is 16.7. The number of rotatable bonds is 2. The number of piperazine rings is 1. The number of carbonyl (C=O) groups is 1. The number of likely N-dealkylation sites (N-methyl/N-ethyl adjacent to an activating group) is 1. The van der Waals surface area contributed by atoms with Crippen molar-refractivity contribution >= 4 is 11.7 Å². The SMILES string of the molecule is Cc1nc(N2CCN(C)CC2)nc2c1C(=O)CC(c1ccco1)C2. The molecule has 1 fully saturated rings. The van der Waals surface area contributed by atoms with Gasteiger partial charge in [0.15, 0.2) is 5.78 Å². The second kappa shape index (κ2) is 6.02. The van der Waals surface area contributed by atoms with E-state index in [0.717, 1.165) is 61.3 Å². The zero-order valence-corrected chi connectivity index (χ0v) is 14.2. The molecule has 0 aromatic carbocycles. The van der Waals surface area contributed by atoms with Crippen molar-refractivity contribution in [1.82, 2.24) is 14.9 Å². The van der Waals surface area contributed by atoms with Gasteiger partial charge >= 0.3 is 0 Å². The van der Waals surface area contributed by atoms with Gasteiger partial charge in [-0.1, -0.05) is 0 Å². The Morgan fingerprint density at radius 2 is 1.96 bits per heavy atom. The molecule has 1 aliphatic carbocycles. The summed E-state index contributed by atoms with van der Waals surface area (Å²) in [6.07, 6.45) is 2.87. The molecule has 2 aliphatic rings. The highest BCUT2D eigenvalue weighted by molar-refractivity contribution is 5.99. The van der Waals surface area contributed by atoms with Crippen molar-refractivity contribution in [1.29, 1.82) is 0 Å². The number of nitrogens with zero attached hydrogens (tertiary/aromatic N) is 4. The summed E-state index contributed by atoms with van der Waals surface area (Å²) in [6, 6.07) is 3.81. The van der Waals surface area contributed by atoms with Gasteiger partial charge in [0.1, 0.15) is 5.76 Å². The van der Waals surface area contributed by atoms with Crippen LogP contribution in [0.25, 0.3) is 0 Å². The maximum absolute atomic E-state index is 12.6. The molecule has 0 spiro atoms. The standard InChI is InChI=1S/C18H22N4O2/c1-12-17-14(10-13(11-15(17)23)16-4-3-9-24-16)20-18(19-12)22-7-5-21(2)6-8-22/h3-4,9,13H,5-8,10-11H2,1-2H3. The van der Waals surface area contributed by atoms with E-state index in [1.807, 2.05) is 19.1 Å². The molecule has 2 aromatic rings. The van der Waals surface area contributed by atoms with Crippen molar-refractivity contribution in [2.45, 2.75) is 25.7 Å². The fourth-order valence-corrected chi connectivity index (χ4v) is 3.63. The first-order valence-electron chi connectivity index (χ1n) is 8.49. The second-order valence-corrected chi connectivity index (χ2v) is 6.76. The number of Topliss-reactive ketones (excluding diaryl/α,β-unsaturated/α-hetero) is 1. The number of anilines is 1. The zero-order valence-electron chi connectivity index (χ0n) is 14.2. The van der Waals surface area contributed by atoms with E-state index in [0.29, 0.717) is 6.42 Å². The van der Waals surface area contributed by atoms with Crippen molar-refractivity contribution in [3.05, 3.63) is 41.1 Å². The molecule has 0 saturated carbocycles. The van der Waals surface area contributed by atoms with Crippen LogP contribution in [0.4, 0.5) is 5.95 Å². The Bertz CT molecular complexity index is 749. The molecule has 126 valence electrons. The van der Waals surface area contributed by atoms with Crippen LogP contribution in [-0.4, -0.2) is 53.9 Å². The first kappa shape index (κ1) is 15.3. The first-order valence-corrected chi connectivity index (χ1v) is 8.49. The molecule has 0 N–H and O–H groups in total. The van der Waals surface area contributed by atoms with Gasteiger partial charge in [0.25, 0.3) is 0 Å². The molecule has 6 heteroatoms. The van der Waals surface area contributed by atoms with E-state index in [-0.39, 0.29) is 11.7 Å². The van der Waals surface area contributed by atoms with E-state index < -0.39 is 0 Å². The maximum Gasteiger partial charge on any atom is 0.225 e. The minimum Gasteiger partial charge on any atom is -0.469 e. The Morgan fingerprint density at radius 3 is 2.67 bits per heavy atom. The van der Waals surface area contributed by atoms with Crippen molar-refractivity contribution in [3.8, 4) is 0 Å². The first-order chi connectivity index (χ1) is 11.6. The Labute approximate surface area is 141 Å². The fourth-order valence-electron chi connectivity index (χ4n) is 3.63. The highest BCUT2D eigenvalue weighted by Gasteiger charge is 2.32. The topological polar surface area (TPSA) is 62.5 Å². The fraction of sp³-hybridized carbons (Fsp3) is 0.500. The Morgan fingerprint density at radius 1 is 1.17 bits per heavy atom. The van der Waals surface area contributed by atoms with Gasteiger partial charge in [-0.3, -0.25) is 4.79 Å². The van der Waals surface area contributed by atoms with Crippen LogP contribution >= 0.6 is 0 Å². The molecule has 2 aromatic heterocycles. The Kier molecular flexibility index (Phi) is 3.84.